The van der Waals surface area contributed by atoms with Crippen molar-refractivity contribution in [3.63, 3.8) is 0 Å². The maximum atomic E-state index is 12.3. The average molecular weight is 347 g/mol. The molecule has 0 bridgehead atoms. The van der Waals surface area contributed by atoms with Gasteiger partial charge in [-0.3, -0.25) is 9.79 Å². The molecule has 0 aliphatic carbocycles. The topological polar surface area (TPSA) is 56.7 Å². The molecule has 1 rings (SSSR count). The third-order valence-electron chi connectivity index (χ3n) is 4.19. The zero-order valence-corrected chi connectivity index (χ0v) is 16.4. The van der Waals surface area contributed by atoms with Gasteiger partial charge in [0.2, 0.25) is 0 Å². The highest BCUT2D eigenvalue weighted by Crippen LogP contribution is 2.08. The van der Waals surface area contributed by atoms with Crippen LogP contribution in [0.1, 0.15) is 56.5 Å². The SMILES string of the molecule is CCN(CC)C(=O)c1ccc(CNC(=NC)NCCCC(C)C)cc1. The molecule has 1 amide bonds. The number of aliphatic imine (C=N–C) groups is 1. The van der Waals surface area contributed by atoms with E-state index in [1.54, 1.807) is 7.05 Å². The minimum atomic E-state index is 0.0899. The first-order valence-corrected chi connectivity index (χ1v) is 9.34. The Balaban J connectivity index is 2.48. The summed E-state index contributed by atoms with van der Waals surface area (Å²) in [6.07, 6.45) is 2.35. The summed E-state index contributed by atoms with van der Waals surface area (Å²) in [4.78, 5) is 18.4. The van der Waals surface area contributed by atoms with Gasteiger partial charge in [-0.1, -0.05) is 26.0 Å². The van der Waals surface area contributed by atoms with Crippen molar-refractivity contribution in [1.82, 2.24) is 15.5 Å². The standard InChI is InChI=1S/C20H34N4O/c1-6-24(7-2)19(25)18-12-10-17(11-13-18)15-23-20(21-5)22-14-8-9-16(3)4/h10-13,16H,6-9,14-15H2,1-5H3,(H2,21,22,23). The maximum absolute atomic E-state index is 12.3. The summed E-state index contributed by atoms with van der Waals surface area (Å²) < 4.78 is 0. The lowest BCUT2D eigenvalue weighted by molar-refractivity contribution is 0.0773. The van der Waals surface area contributed by atoms with Gasteiger partial charge in [0, 0.05) is 38.8 Å². The molecule has 0 spiro atoms. The molecule has 5 heteroatoms. The van der Waals surface area contributed by atoms with Crippen molar-refractivity contribution in [3.8, 4) is 0 Å². The molecule has 0 aliphatic heterocycles. The highest BCUT2D eigenvalue weighted by molar-refractivity contribution is 5.94. The Hall–Kier alpha value is -2.04. The number of carbonyl (C=O) groups excluding carboxylic acids is 1. The predicted molar refractivity (Wildman–Crippen MR) is 106 cm³/mol. The second-order valence-electron chi connectivity index (χ2n) is 6.56. The van der Waals surface area contributed by atoms with Crippen LogP contribution in [0.5, 0.6) is 0 Å². The quantitative estimate of drug-likeness (QED) is 0.410. The van der Waals surface area contributed by atoms with Crippen molar-refractivity contribution in [3.05, 3.63) is 35.4 Å². The molecule has 1 aromatic rings. The first-order chi connectivity index (χ1) is 12.0. The summed E-state index contributed by atoms with van der Waals surface area (Å²) in [7, 11) is 1.78. The second-order valence-corrected chi connectivity index (χ2v) is 6.56. The fourth-order valence-electron chi connectivity index (χ4n) is 2.58. The highest BCUT2D eigenvalue weighted by atomic mass is 16.2. The van der Waals surface area contributed by atoms with Crippen LogP contribution in [-0.4, -0.2) is 43.4 Å². The number of benzene rings is 1. The van der Waals surface area contributed by atoms with E-state index in [-0.39, 0.29) is 5.91 Å². The second kappa shape index (κ2) is 11.5. The van der Waals surface area contributed by atoms with Crippen LogP contribution in [0, 0.1) is 5.92 Å². The van der Waals surface area contributed by atoms with Gasteiger partial charge in [0.25, 0.3) is 5.91 Å². The van der Waals surface area contributed by atoms with E-state index >= 15 is 0 Å². The molecule has 25 heavy (non-hydrogen) atoms. The largest absolute Gasteiger partial charge is 0.356 e. The van der Waals surface area contributed by atoms with E-state index in [1.165, 1.54) is 6.42 Å². The van der Waals surface area contributed by atoms with Crippen LogP contribution in [0.15, 0.2) is 29.3 Å². The van der Waals surface area contributed by atoms with Crippen LogP contribution in [0.3, 0.4) is 0 Å². The zero-order chi connectivity index (χ0) is 18.7. The molecular weight excluding hydrogens is 312 g/mol. The minimum Gasteiger partial charge on any atom is -0.356 e. The third-order valence-corrected chi connectivity index (χ3v) is 4.19. The lowest BCUT2D eigenvalue weighted by Gasteiger charge is -2.18. The van der Waals surface area contributed by atoms with E-state index in [0.717, 1.165) is 49.1 Å². The summed E-state index contributed by atoms with van der Waals surface area (Å²) >= 11 is 0. The Morgan fingerprint density at radius 2 is 1.76 bits per heavy atom. The fourth-order valence-corrected chi connectivity index (χ4v) is 2.58. The van der Waals surface area contributed by atoms with E-state index in [4.69, 9.17) is 0 Å². The van der Waals surface area contributed by atoms with Gasteiger partial charge in [-0.2, -0.15) is 0 Å². The zero-order valence-electron chi connectivity index (χ0n) is 16.4. The lowest BCUT2D eigenvalue weighted by Crippen LogP contribution is -2.37. The number of guanidine groups is 1. The molecule has 2 N–H and O–H groups in total. The van der Waals surface area contributed by atoms with Gasteiger partial charge < -0.3 is 15.5 Å². The van der Waals surface area contributed by atoms with Gasteiger partial charge >= 0.3 is 0 Å². The number of nitrogens with one attached hydrogen (secondary N) is 2. The molecule has 0 saturated heterocycles. The average Bonchev–Trinajstić information content (AvgIpc) is 2.62. The Morgan fingerprint density at radius 3 is 2.28 bits per heavy atom. The van der Waals surface area contributed by atoms with Crippen molar-refractivity contribution in [2.45, 2.75) is 47.1 Å². The molecule has 0 unspecified atom stereocenters. The first kappa shape index (κ1) is 21.0. The molecule has 5 nitrogen and oxygen atoms in total. The third kappa shape index (κ3) is 7.59. The molecule has 0 fully saturated rings. The molecule has 0 saturated carbocycles. The van der Waals surface area contributed by atoms with Gasteiger partial charge in [-0.25, -0.2) is 0 Å². The van der Waals surface area contributed by atoms with Crippen LogP contribution in [0.4, 0.5) is 0 Å². The Bertz CT molecular complexity index is 533. The van der Waals surface area contributed by atoms with E-state index in [1.807, 2.05) is 43.0 Å². The van der Waals surface area contributed by atoms with E-state index < -0.39 is 0 Å². The Morgan fingerprint density at radius 1 is 1.12 bits per heavy atom. The summed E-state index contributed by atoms with van der Waals surface area (Å²) in [5.41, 5.74) is 1.87. The number of carbonyl (C=O) groups is 1. The fraction of sp³-hybridized carbons (Fsp3) is 0.600. The van der Waals surface area contributed by atoms with Gasteiger partial charge in [-0.15, -0.1) is 0 Å². The molecule has 140 valence electrons. The van der Waals surface area contributed by atoms with Crippen molar-refractivity contribution in [2.24, 2.45) is 10.9 Å². The summed E-state index contributed by atoms with van der Waals surface area (Å²) in [5.74, 6) is 1.63. The number of nitrogens with zero attached hydrogens (tertiary/aromatic N) is 2. The molecule has 1 aromatic carbocycles. The molecule has 0 aliphatic rings. The lowest BCUT2D eigenvalue weighted by atomic mass is 10.1. The summed E-state index contributed by atoms with van der Waals surface area (Å²) in [5, 5.41) is 6.64. The van der Waals surface area contributed by atoms with Crippen LogP contribution in [0.2, 0.25) is 0 Å². The van der Waals surface area contributed by atoms with Crippen molar-refractivity contribution in [2.75, 3.05) is 26.7 Å². The number of hydrogen-bond acceptors (Lipinski definition) is 2. The molecule has 0 aromatic heterocycles. The molecule has 0 atom stereocenters. The summed E-state index contributed by atoms with van der Waals surface area (Å²) in [6, 6.07) is 7.79. The van der Waals surface area contributed by atoms with Crippen LogP contribution in [0.25, 0.3) is 0 Å². The van der Waals surface area contributed by atoms with Gasteiger partial charge in [0.15, 0.2) is 5.96 Å². The van der Waals surface area contributed by atoms with Crippen molar-refractivity contribution >= 4 is 11.9 Å². The smallest absolute Gasteiger partial charge is 0.253 e. The van der Waals surface area contributed by atoms with Crippen LogP contribution >= 0.6 is 0 Å². The van der Waals surface area contributed by atoms with Gasteiger partial charge in [0.1, 0.15) is 0 Å². The van der Waals surface area contributed by atoms with Crippen molar-refractivity contribution in [1.29, 1.82) is 0 Å². The normalized spacial score (nSPS) is 11.5. The summed E-state index contributed by atoms with van der Waals surface area (Å²) in [6.45, 7) is 11.6. The van der Waals surface area contributed by atoms with Crippen LogP contribution < -0.4 is 10.6 Å². The number of amides is 1. The van der Waals surface area contributed by atoms with E-state index in [0.29, 0.717) is 6.54 Å². The Labute approximate surface area is 152 Å². The minimum absolute atomic E-state index is 0.0899. The number of rotatable bonds is 9. The number of hydrogen-bond donors (Lipinski definition) is 2. The molecular formula is C20H34N4O. The van der Waals surface area contributed by atoms with E-state index in [2.05, 4.69) is 29.5 Å². The van der Waals surface area contributed by atoms with E-state index in [9.17, 15) is 4.79 Å². The molecule has 0 radical (unpaired) electrons. The Kier molecular flexibility index (Phi) is 9.66. The van der Waals surface area contributed by atoms with Gasteiger partial charge in [0.05, 0.1) is 0 Å². The maximum Gasteiger partial charge on any atom is 0.253 e. The highest BCUT2D eigenvalue weighted by Gasteiger charge is 2.11. The monoisotopic (exact) mass is 346 g/mol. The molecule has 0 heterocycles. The first-order valence-electron chi connectivity index (χ1n) is 9.34. The van der Waals surface area contributed by atoms with Crippen LogP contribution in [-0.2, 0) is 6.54 Å². The van der Waals surface area contributed by atoms with Crippen molar-refractivity contribution < 1.29 is 4.79 Å². The van der Waals surface area contributed by atoms with Gasteiger partial charge in [-0.05, 0) is 50.3 Å². The predicted octanol–water partition coefficient (Wildman–Crippen LogP) is 3.27.